The minimum Gasteiger partial charge on any atom is -0.394 e. The van der Waals surface area contributed by atoms with E-state index in [2.05, 4.69) is 55.6 Å². The van der Waals surface area contributed by atoms with Crippen molar-refractivity contribution in [3.63, 3.8) is 0 Å². The fraction of sp³-hybridized carbons (Fsp3) is 0.842. The molecule has 62 heavy (non-hydrogen) atoms. The van der Waals surface area contributed by atoms with Gasteiger partial charge in [-0.2, -0.15) is 0 Å². The van der Waals surface area contributed by atoms with Gasteiger partial charge in [0.2, 0.25) is 5.91 Å². The summed E-state index contributed by atoms with van der Waals surface area (Å²) in [5, 5.41) is 33.4. The molecule has 0 rings (SSSR count). The highest BCUT2D eigenvalue weighted by molar-refractivity contribution is 5.76. The van der Waals surface area contributed by atoms with Crippen LogP contribution in [0.15, 0.2) is 48.6 Å². The second-order valence-electron chi connectivity index (χ2n) is 18.8. The number of hydrogen-bond donors (Lipinski definition) is 4. The number of aliphatic hydroxyl groups is 3. The summed E-state index contributed by atoms with van der Waals surface area (Å²) in [4.78, 5) is 12.5. The van der Waals surface area contributed by atoms with E-state index in [4.69, 9.17) is 0 Å². The van der Waals surface area contributed by atoms with Crippen molar-refractivity contribution in [1.29, 1.82) is 0 Å². The number of allylic oxidation sites excluding steroid dienone is 7. The maximum Gasteiger partial charge on any atom is 0.222 e. The molecular formula is C57H107NO4. The fourth-order valence-electron chi connectivity index (χ4n) is 8.37. The largest absolute Gasteiger partial charge is 0.394 e. The van der Waals surface area contributed by atoms with Gasteiger partial charge in [-0.05, 0) is 70.6 Å². The Bertz CT molecular complexity index is 1000. The fourth-order valence-corrected chi connectivity index (χ4v) is 8.37. The lowest BCUT2D eigenvalue weighted by molar-refractivity contribution is -0.124. The molecule has 0 heterocycles. The zero-order valence-electron chi connectivity index (χ0n) is 41.5. The molecule has 0 radical (unpaired) electrons. The van der Waals surface area contributed by atoms with Crippen LogP contribution in [0.5, 0.6) is 0 Å². The first-order chi connectivity index (χ1) is 30.5. The molecule has 0 aromatic heterocycles. The lowest BCUT2D eigenvalue weighted by Crippen LogP contribution is -2.45. The van der Waals surface area contributed by atoms with Crippen molar-refractivity contribution >= 4 is 5.91 Å². The van der Waals surface area contributed by atoms with E-state index in [0.717, 1.165) is 38.5 Å². The van der Waals surface area contributed by atoms with Gasteiger partial charge in [-0.15, -0.1) is 0 Å². The lowest BCUT2D eigenvalue weighted by atomic mass is 10.0. The van der Waals surface area contributed by atoms with Crippen molar-refractivity contribution in [3.8, 4) is 0 Å². The van der Waals surface area contributed by atoms with E-state index in [-0.39, 0.29) is 18.9 Å². The minimum atomic E-state index is -0.961. The van der Waals surface area contributed by atoms with Gasteiger partial charge in [0.15, 0.2) is 0 Å². The predicted molar refractivity (Wildman–Crippen MR) is 273 cm³/mol. The van der Waals surface area contributed by atoms with Crippen LogP contribution in [0.1, 0.15) is 284 Å². The van der Waals surface area contributed by atoms with Gasteiger partial charge in [0.1, 0.15) is 0 Å². The molecule has 0 aromatic carbocycles. The SMILES string of the molecule is CCCCCCCCCCC/C=C/CC/C=C/CC/C=C/C(O)C(CO)NC(=O)CC(O)CCCCCCCCCCCCCC/C=C\CCCCCCCCCCCCCC. The first-order valence-corrected chi connectivity index (χ1v) is 27.4. The van der Waals surface area contributed by atoms with Crippen LogP contribution in [0.4, 0.5) is 0 Å². The summed E-state index contributed by atoms with van der Waals surface area (Å²) in [6.07, 6.45) is 68.7. The topological polar surface area (TPSA) is 89.8 Å². The van der Waals surface area contributed by atoms with E-state index in [0.29, 0.717) is 6.42 Å². The van der Waals surface area contributed by atoms with Crippen LogP contribution >= 0.6 is 0 Å². The number of rotatable bonds is 50. The van der Waals surface area contributed by atoms with E-state index in [9.17, 15) is 20.1 Å². The molecule has 0 aromatic rings. The number of amides is 1. The van der Waals surface area contributed by atoms with Crippen LogP contribution < -0.4 is 5.32 Å². The Kier molecular flexibility index (Phi) is 50.5. The number of carbonyl (C=O) groups excluding carboxylic acids is 1. The van der Waals surface area contributed by atoms with Gasteiger partial charge >= 0.3 is 0 Å². The molecule has 4 N–H and O–H groups in total. The molecule has 0 aliphatic heterocycles. The molecule has 0 fully saturated rings. The average Bonchev–Trinajstić information content (AvgIpc) is 3.27. The normalized spacial score (nSPS) is 13.7. The molecule has 3 unspecified atom stereocenters. The minimum absolute atomic E-state index is 0.00236. The zero-order valence-corrected chi connectivity index (χ0v) is 41.5. The molecule has 3 atom stereocenters. The Balaban J connectivity index is 3.61. The number of carbonyl (C=O) groups is 1. The lowest BCUT2D eigenvalue weighted by Gasteiger charge is -2.21. The molecule has 5 heteroatoms. The molecule has 0 aliphatic carbocycles. The van der Waals surface area contributed by atoms with Crippen molar-refractivity contribution < 1.29 is 20.1 Å². The van der Waals surface area contributed by atoms with Gasteiger partial charge in [0.05, 0.1) is 31.3 Å². The summed E-state index contributed by atoms with van der Waals surface area (Å²) < 4.78 is 0. The van der Waals surface area contributed by atoms with E-state index in [1.807, 2.05) is 6.08 Å². The van der Waals surface area contributed by atoms with Gasteiger partial charge in [0, 0.05) is 0 Å². The van der Waals surface area contributed by atoms with Gasteiger partial charge in [-0.25, -0.2) is 0 Å². The van der Waals surface area contributed by atoms with E-state index in [1.165, 1.54) is 218 Å². The van der Waals surface area contributed by atoms with E-state index < -0.39 is 18.2 Å². The van der Waals surface area contributed by atoms with E-state index >= 15 is 0 Å². The summed E-state index contributed by atoms with van der Waals surface area (Å²) in [6, 6.07) is -0.769. The molecular weight excluding hydrogens is 763 g/mol. The Morgan fingerprint density at radius 1 is 0.403 bits per heavy atom. The van der Waals surface area contributed by atoms with Gasteiger partial charge in [-0.3, -0.25) is 4.79 Å². The number of unbranched alkanes of at least 4 members (excludes halogenated alkanes) is 35. The summed E-state index contributed by atoms with van der Waals surface area (Å²) in [6.45, 7) is 4.22. The van der Waals surface area contributed by atoms with Gasteiger partial charge in [-0.1, -0.05) is 255 Å². The standard InChI is InChI=1S/C57H107NO4/c1-3-5-7-9-11-13-15-17-19-21-23-24-25-26-27-28-29-30-31-33-34-36-38-40-42-44-46-48-50-54(60)52-57(62)58-55(53-59)56(61)51-49-47-45-43-41-39-37-35-32-22-20-18-16-14-12-10-8-6-4-2/h26-27,32,35,41,43,49,51,54-56,59-61H,3-25,28-31,33-34,36-40,42,44-48,50,52-53H2,1-2H3,(H,58,62)/b27-26-,35-32+,43-41+,51-49+. The molecule has 364 valence electrons. The van der Waals surface area contributed by atoms with Crippen LogP contribution in [-0.4, -0.2) is 46.1 Å². The Morgan fingerprint density at radius 2 is 0.694 bits per heavy atom. The second kappa shape index (κ2) is 51.9. The van der Waals surface area contributed by atoms with Crippen molar-refractivity contribution in [2.24, 2.45) is 0 Å². The molecule has 0 saturated heterocycles. The quantitative estimate of drug-likeness (QED) is 0.0362. The van der Waals surface area contributed by atoms with Crippen LogP contribution in [0.2, 0.25) is 0 Å². The van der Waals surface area contributed by atoms with Gasteiger partial charge < -0.3 is 20.6 Å². The average molecular weight is 870 g/mol. The van der Waals surface area contributed by atoms with Crippen molar-refractivity contribution in [2.75, 3.05) is 6.61 Å². The summed E-state index contributed by atoms with van der Waals surface area (Å²) in [5.74, 6) is -0.328. The molecule has 0 spiro atoms. The summed E-state index contributed by atoms with van der Waals surface area (Å²) >= 11 is 0. The van der Waals surface area contributed by atoms with Gasteiger partial charge in [0.25, 0.3) is 0 Å². The summed E-state index contributed by atoms with van der Waals surface area (Å²) in [5.41, 5.74) is 0. The zero-order chi connectivity index (χ0) is 45.1. The second-order valence-corrected chi connectivity index (χ2v) is 18.8. The van der Waals surface area contributed by atoms with Crippen LogP contribution in [0, 0.1) is 0 Å². The first-order valence-electron chi connectivity index (χ1n) is 27.4. The van der Waals surface area contributed by atoms with Crippen molar-refractivity contribution in [2.45, 2.75) is 302 Å². The number of aliphatic hydroxyl groups excluding tert-OH is 3. The Hall–Kier alpha value is -1.69. The van der Waals surface area contributed by atoms with E-state index in [1.54, 1.807) is 6.08 Å². The number of hydrogen-bond acceptors (Lipinski definition) is 4. The predicted octanol–water partition coefficient (Wildman–Crippen LogP) is 16.8. The van der Waals surface area contributed by atoms with Crippen LogP contribution in [0.3, 0.4) is 0 Å². The smallest absolute Gasteiger partial charge is 0.222 e. The summed E-state index contributed by atoms with van der Waals surface area (Å²) in [7, 11) is 0. The third-order valence-electron chi connectivity index (χ3n) is 12.6. The Labute approximate surface area is 387 Å². The van der Waals surface area contributed by atoms with Crippen LogP contribution in [0.25, 0.3) is 0 Å². The molecule has 0 aliphatic rings. The van der Waals surface area contributed by atoms with Crippen molar-refractivity contribution in [1.82, 2.24) is 5.32 Å². The highest BCUT2D eigenvalue weighted by atomic mass is 16.3. The molecule has 0 bridgehead atoms. The molecule has 0 saturated carbocycles. The maximum absolute atomic E-state index is 12.5. The molecule has 5 nitrogen and oxygen atoms in total. The highest BCUT2D eigenvalue weighted by Gasteiger charge is 2.20. The highest BCUT2D eigenvalue weighted by Crippen LogP contribution is 2.16. The number of nitrogens with one attached hydrogen (secondary N) is 1. The Morgan fingerprint density at radius 3 is 1.03 bits per heavy atom. The monoisotopic (exact) mass is 870 g/mol. The van der Waals surface area contributed by atoms with Crippen molar-refractivity contribution in [3.05, 3.63) is 48.6 Å². The third kappa shape index (κ3) is 47.8. The maximum atomic E-state index is 12.5. The third-order valence-corrected chi connectivity index (χ3v) is 12.6. The first kappa shape index (κ1) is 60.3. The van der Waals surface area contributed by atoms with Crippen LogP contribution in [-0.2, 0) is 4.79 Å². The molecule has 1 amide bonds.